The fourth-order valence-corrected chi connectivity index (χ4v) is 2.43. The van der Waals surface area contributed by atoms with Crippen molar-refractivity contribution in [3.8, 4) is 17.2 Å². The summed E-state index contributed by atoms with van der Waals surface area (Å²) in [7, 11) is 0. The lowest BCUT2D eigenvalue weighted by Gasteiger charge is -2.19. The lowest BCUT2D eigenvalue weighted by molar-refractivity contribution is -0.153. The first-order valence-electron chi connectivity index (χ1n) is 8.23. The fraction of sp³-hybridized carbons (Fsp3) is 0.278. The van der Waals surface area contributed by atoms with Crippen LogP contribution in [0.3, 0.4) is 0 Å². The number of halogens is 4. The first kappa shape index (κ1) is 19.6. The van der Waals surface area contributed by atoms with Gasteiger partial charge in [0.15, 0.2) is 18.1 Å². The smallest absolute Gasteiger partial charge is 0.422 e. The number of fused-ring (bicyclic) bond motifs is 1. The second-order valence-electron chi connectivity index (χ2n) is 5.80. The first-order chi connectivity index (χ1) is 13.3. The maximum atomic E-state index is 13.4. The highest BCUT2D eigenvalue weighted by Crippen LogP contribution is 2.32. The van der Waals surface area contributed by atoms with Crippen LogP contribution in [-0.4, -0.2) is 38.4 Å². The Labute approximate surface area is 157 Å². The molecule has 0 spiro atoms. The van der Waals surface area contributed by atoms with E-state index in [-0.39, 0.29) is 18.0 Å². The molecule has 28 heavy (non-hydrogen) atoms. The molecule has 1 aliphatic heterocycles. The number of rotatable bonds is 6. The molecule has 0 bridgehead atoms. The van der Waals surface area contributed by atoms with E-state index in [2.05, 4.69) is 15.4 Å². The van der Waals surface area contributed by atoms with Crippen molar-refractivity contribution in [1.82, 2.24) is 0 Å². The van der Waals surface area contributed by atoms with E-state index in [1.54, 1.807) is 18.2 Å². The summed E-state index contributed by atoms with van der Waals surface area (Å²) in [5.74, 6) is -0.346. The van der Waals surface area contributed by atoms with E-state index in [0.29, 0.717) is 30.4 Å². The molecule has 0 atom stereocenters. The van der Waals surface area contributed by atoms with Crippen molar-refractivity contribution in [1.29, 1.82) is 0 Å². The SMILES string of the molecule is O=C(CNc1cc(F)ccc1OCC(F)(F)F)Nc1ccc2c(c1)OCCO2. The molecule has 1 aliphatic rings. The molecule has 1 heterocycles. The van der Waals surface area contributed by atoms with Gasteiger partial charge in [-0.15, -0.1) is 0 Å². The number of nitrogens with one attached hydrogen (secondary N) is 2. The van der Waals surface area contributed by atoms with Crippen molar-refractivity contribution in [3.63, 3.8) is 0 Å². The third-order valence-corrected chi connectivity index (χ3v) is 3.60. The van der Waals surface area contributed by atoms with E-state index in [9.17, 15) is 22.4 Å². The van der Waals surface area contributed by atoms with Crippen molar-refractivity contribution in [3.05, 3.63) is 42.2 Å². The average molecular weight is 400 g/mol. The summed E-state index contributed by atoms with van der Waals surface area (Å²) in [4.78, 5) is 12.1. The lowest BCUT2D eigenvalue weighted by atomic mass is 10.2. The minimum absolute atomic E-state index is 0.0680. The number of amides is 1. The molecule has 2 aromatic carbocycles. The van der Waals surface area contributed by atoms with Gasteiger partial charge in [0.25, 0.3) is 0 Å². The zero-order valence-corrected chi connectivity index (χ0v) is 14.4. The Hall–Kier alpha value is -3.17. The number of carbonyl (C=O) groups is 1. The summed E-state index contributed by atoms with van der Waals surface area (Å²) >= 11 is 0. The van der Waals surface area contributed by atoms with Crippen LogP contribution in [0.2, 0.25) is 0 Å². The average Bonchev–Trinajstić information content (AvgIpc) is 2.65. The summed E-state index contributed by atoms with van der Waals surface area (Å²) in [6.45, 7) is -1.02. The molecule has 10 heteroatoms. The summed E-state index contributed by atoms with van der Waals surface area (Å²) in [6, 6.07) is 7.82. The van der Waals surface area contributed by atoms with Crippen LogP contribution in [0.4, 0.5) is 28.9 Å². The topological polar surface area (TPSA) is 68.8 Å². The highest BCUT2D eigenvalue weighted by Gasteiger charge is 2.29. The Morgan fingerprint density at radius 3 is 2.57 bits per heavy atom. The van der Waals surface area contributed by atoms with Gasteiger partial charge in [0, 0.05) is 17.8 Å². The largest absolute Gasteiger partial charge is 0.486 e. The van der Waals surface area contributed by atoms with Gasteiger partial charge in [0.1, 0.15) is 24.8 Å². The van der Waals surface area contributed by atoms with Crippen LogP contribution < -0.4 is 24.8 Å². The highest BCUT2D eigenvalue weighted by atomic mass is 19.4. The molecule has 0 radical (unpaired) electrons. The van der Waals surface area contributed by atoms with E-state index < -0.39 is 24.5 Å². The number of anilines is 2. The maximum Gasteiger partial charge on any atom is 0.422 e. The van der Waals surface area contributed by atoms with Crippen molar-refractivity contribution < 1.29 is 36.6 Å². The standard InChI is InChI=1S/C18H16F4N2O4/c19-11-1-3-14(28-10-18(20,21)22)13(7-11)23-9-17(25)24-12-2-4-15-16(8-12)27-6-5-26-15/h1-4,7-8,23H,5-6,9-10H2,(H,24,25). The molecule has 0 fully saturated rings. The third-order valence-electron chi connectivity index (χ3n) is 3.60. The Bertz CT molecular complexity index is 858. The summed E-state index contributed by atoms with van der Waals surface area (Å²) in [5.41, 5.74) is 0.380. The predicted octanol–water partition coefficient (Wildman–Crippen LogP) is 3.59. The molecule has 0 aliphatic carbocycles. The van der Waals surface area contributed by atoms with E-state index in [1.165, 1.54) is 0 Å². The van der Waals surface area contributed by atoms with Gasteiger partial charge in [-0.05, 0) is 24.3 Å². The normalized spacial score (nSPS) is 13.0. The molecule has 0 aromatic heterocycles. The lowest BCUT2D eigenvalue weighted by Crippen LogP contribution is -2.23. The molecular formula is C18H16F4N2O4. The van der Waals surface area contributed by atoms with Gasteiger partial charge in [-0.1, -0.05) is 0 Å². The minimum Gasteiger partial charge on any atom is -0.486 e. The molecular weight excluding hydrogens is 384 g/mol. The maximum absolute atomic E-state index is 13.4. The summed E-state index contributed by atoms with van der Waals surface area (Å²) < 4.78 is 65.8. The van der Waals surface area contributed by atoms with E-state index in [1.807, 2.05) is 0 Å². The zero-order chi connectivity index (χ0) is 20.1. The zero-order valence-electron chi connectivity index (χ0n) is 14.4. The Morgan fingerprint density at radius 1 is 1.07 bits per heavy atom. The van der Waals surface area contributed by atoms with Crippen molar-refractivity contribution in [2.45, 2.75) is 6.18 Å². The second-order valence-corrected chi connectivity index (χ2v) is 5.80. The summed E-state index contributed by atoms with van der Waals surface area (Å²) in [5, 5.41) is 5.17. The van der Waals surface area contributed by atoms with Crippen LogP contribution in [0.5, 0.6) is 17.2 Å². The first-order valence-corrected chi connectivity index (χ1v) is 8.23. The number of ether oxygens (including phenoxy) is 3. The number of benzene rings is 2. The van der Waals surface area contributed by atoms with Gasteiger partial charge >= 0.3 is 6.18 Å². The van der Waals surface area contributed by atoms with Crippen LogP contribution >= 0.6 is 0 Å². The molecule has 3 rings (SSSR count). The van der Waals surface area contributed by atoms with E-state index >= 15 is 0 Å². The quantitative estimate of drug-likeness (QED) is 0.726. The van der Waals surface area contributed by atoms with Gasteiger partial charge in [-0.25, -0.2) is 4.39 Å². The molecule has 0 saturated carbocycles. The molecule has 2 aromatic rings. The molecule has 2 N–H and O–H groups in total. The second kappa shape index (κ2) is 8.24. The van der Waals surface area contributed by atoms with Gasteiger partial charge in [0.05, 0.1) is 12.2 Å². The van der Waals surface area contributed by atoms with E-state index in [0.717, 1.165) is 18.2 Å². The van der Waals surface area contributed by atoms with Crippen molar-refractivity contribution in [2.24, 2.45) is 0 Å². The number of carbonyl (C=O) groups excluding carboxylic acids is 1. The van der Waals surface area contributed by atoms with Crippen LogP contribution in [0.15, 0.2) is 36.4 Å². The van der Waals surface area contributed by atoms with E-state index in [4.69, 9.17) is 9.47 Å². The Balaban J connectivity index is 1.60. The molecule has 1 amide bonds. The van der Waals surface area contributed by atoms with Crippen LogP contribution in [-0.2, 0) is 4.79 Å². The monoisotopic (exact) mass is 400 g/mol. The number of alkyl halides is 3. The van der Waals surface area contributed by atoms with Gasteiger partial charge in [0.2, 0.25) is 5.91 Å². The minimum atomic E-state index is -4.54. The fourth-order valence-electron chi connectivity index (χ4n) is 2.43. The number of hydrogen-bond acceptors (Lipinski definition) is 5. The Kier molecular flexibility index (Phi) is 5.76. The van der Waals surface area contributed by atoms with Gasteiger partial charge < -0.3 is 24.8 Å². The molecule has 150 valence electrons. The van der Waals surface area contributed by atoms with Gasteiger partial charge in [-0.3, -0.25) is 4.79 Å². The molecule has 0 unspecified atom stereocenters. The van der Waals surface area contributed by atoms with Crippen molar-refractivity contribution >= 4 is 17.3 Å². The molecule has 0 saturated heterocycles. The van der Waals surface area contributed by atoms with Crippen LogP contribution in [0.1, 0.15) is 0 Å². The van der Waals surface area contributed by atoms with Crippen LogP contribution in [0, 0.1) is 5.82 Å². The molecule has 6 nitrogen and oxygen atoms in total. The summed E-state index contributed by atoms with van der Waals surface area (Å²) in [6.07, 6.45) is -4.54. The van der Waals surface area contributed by atoms with Gasteiger partial charge in [-0.2, -0.15) is 13.2 Å². The number of hydrogen-bond donors (Lipinski definition) is 2. The third kappa shape index (κ3) is 5.41. The van der Waals surface area contributed by atoms with Crippen LogP contribution in [0.25, 0.3) is 0 Å². The van der Waals surface area contributed by atoms with Crippen molar-refractivity contribution in [2.75, 3.05) is 37.0 Å². The highest BCUT2D eigenvalue weighted by molar-refractivity contribution is 5.94. The Morgan fingerprint density at radius 2 is 1.82 bits per heavy atom. The predicted molar refractivity (Wildman–Crippen MR) is 92.5 cm³/mol.